The van der Waals surface area contributed by atoms with Gasteiger partial charge in [-0.05, 0) is 17.1 Å². The van der Waals surface area contributed by atoms with Crippen molar-refractivity contribution in [3.05, 3.63) is 35.4 Å². The summed E-state index contributed by atoms with van der Waals surface area (Å²) in [6, 6.07) is 5.72. The summed E-state index contributed by atoms with van der Waals surface area (Å²) in [7, 11) is 1.28. The second-order valence-electron chi connectivity index (χ2n) is 5.91. The molecule has 1 aliphatic carbocycles. The number of halogens is 4. The molecule has 1 fully saturated rings. The Morgan fingerprint density at radius 2 is 1.87 bits per heavy atom. The second kappa shape index (κ2) is 6.07. The zero-order valence-corrected chi connectivity index (χ0v) is 13.5. The number of hydrogen-bond acceptors (Lipinski definition) is 3. The molecule has 126 valence electrons. The molecular formula is C16H16ClF3O3. The smallest absolute Gasteiger partial charge is 0.469 e. The summed E-state index contributed by atoms with van der Waals surface area (Å²) in [5, 5.41) is 0. The van der Waals surface area contributed by atoms with E-state index in [1.165, 1.54) is 30.8 Å². The molecule has 0 heterocycles. The Balaban J connectivity index is 2.39. The Morgan fingerprint density at radius 3 is 2.39 bits per heavy atom. The zero-order valence-electron chi connectivity index (χ0n) is 12.8. The third kappa shape index (κ3) is 3.47. The first-order valence-corrected chi connectivity index (χ1v) is 7.30. The molecule has 0 aliphatic heterocycles. The van der Waals surface area contributed by atoms with Gasteiger partial charge in [-0.15, -0.1) is 13.2 Å². The van der Waals surface area contributed by atoms with E-state index in [2.05, 4.69) is 4.74 Å². The minimum Gasteiger partial charge on any atom is -0.469 e. The van der Waals surface area contributed by atoms with Crippen molar-refractivity contribution in [3.63, 3.8) is 0 Å². The fraction of sp³-hybridized carbons (Fsp3) is 0.438. The lowest BCUT2D eigenvalue weighted by Crippen LogP contribution is -2.18. The molecule has 0 saturated heterocycles. The van der Waals surface area contributed by atoms with Crippen molar-refractivity contribution in [2.45, 2.75) is 20.2 Å². The second-order valence-corrected chi connectivity index (χ2v) is 6.13. The highest BCUT2D eigenvalue weighted by molar-refractivity contribution is 6.28. The third-order valence-electron chi connectivity index (χ3n) is 4.16. The van der Waals surface area contributed by atoms with Crippen molar-refractivity contribution in [1.82, 2.24) is 0 Å². The van der Waals surface area contributed by atoms with Crippen molar-refractivity contribution in [2.75, 3.05) is 7.11 Å². The summed E-state index contributed by atoms with van der Waals surface area (Å²) in [6.07, 6.45) is -4.81. The summed E-state index contributed by atoms with van der Waals surface area (Å²) in [5.41, 5.74) is 1.38. The van der Waals surface area contributed by atoms with Gasteiger partial charge in [0, 0.05) is 17.0 Å². The lowest BCUT2D eigenvalue weighted by atomic mass is 9.97. The number of benzene rings is 1. The Hall–Kier alpha value is -1.69. The normalized spacial score (nSPS) is 23.3. The van der Waals surface area contributed by atoms with Crippen LogP contribution in [0.5, 0.6) is 5.75 Å². The van der Waals surface area contributed by atoms with Crippen molar-refractivity contribution >= 4 is 23.1 Å². The first-order valence-electron chi connectivity index (χ1n) is 6.86. The van der Waals surface area contributed by atoms with Crippen molar-refractivity contribution in [1.29, 1.82) is 0 Å². The van der Waals surface area contributed by atoms with E-state index >= 15 is 0 Å². The van der Waals surface area contributed by atoms with Crippen LogP contribution in [0.15, 0.2) is 29.8 Å². The van der Waals surface area contributed by atoms with Crippen LogP contribution in [-0.4, -0.2) is 19.4 Å². The molecule has 0 amide bonds. The number of esters is 1. The lowest BCUT2D eigenvalue weighted by molar-refractivity contribution is -0.274. The van der Waals surface area contributed by atoms with Crippen LogP contribution in [0.2, 0.25) is 0 Å². The maximum absolute atomic E-state index is 12.6. The number of carbonyl (C=O) groups excluding carboxylic acids is 1. The number of para-hydroxylation sites is 1. The van der Waals surface area contributed by atoms with Crippen LogP contribution in [0, 0.1) is 17.3 Å². The van der Waals surface area contributed by atoms with Gasteiger partial charge in [0.15, 0.2) is 0 Å². The molecule has 0 spiro atoms. The minimum absolute atomic E-state index is 0.212. The molecule has 3 nitrogen and oxygen atoms in total. The monoisotopic (exact) mass is 348 g/mol. The predicted molar refractivity (Wildman–Crippen MR) is 79.7 cm³/mol. The number of carbonyl (C=O) groups is 1. The van der Waals surface area contributed by atoms with Gasteiger partial charge in [-0.3, -0.25) is 4.79 Å². The average molecular weight is 349 g/mol. The van der Waals surface area contributed by atoms with Crippen molar-refractivity contribution in [3.8, 4) is 5.75 Å². The Labute approximate surface area is 137 Å². The largest absolute Gasteiger partial charge is 0.573 e. The van der Waals surface area contributed by atoms with Gasteiger partial charge in [0.05, 0.1) is 13.0 Å². The van der Waals surface area contributed by atoms with E-state index in [1.54, 1.807) is 6.07 Å². The molecule has 7 heteroatoms. The van der Waals surface area contributed by atoms with E-state index in [0.29, 0.717) is 5.57 Å². The van der Waals surface area contributed by atoms with Gasteiger partial charge in [0.25, 0.3) is 0 Å². The van der Waals surface area contributed by atoms with E-state index < -0.39 is 23.7 Å². The quantitative estimate of drug-likeness (QED) is 0.745. The van der Waals surface area contributed by atoms with Crippen LogP contribution in [-0.2, 0) is 9.53 Å². The van der Waals surface area contributed by atoms with Gasteiger partial charge in [0.2, 0.25) is 0 Å². The van der Waals surface area contributed by atoms with Gasteiger partial charge in [0.1, 0.15) is 5.75 Å². The summed E-state index contributed by atoms with van der Waals surface area (Å²) in [5.74, 6) is -1.56. The van der Waals surface area contributed by atoms with Crippen LogP contribution in [0.25, 0.3) is 5.57 Å². The zero-order chi connectivity index (χ0) is 17.4. The van der Waals surface area contributed by atoms with Crippen LogP contribution in [0.3, 0.4) is 0 Å². The number of allylic oxidation sites excluding steroid dienone is 1. The van der Waals surface area contributed by atoms with E-state index in [4.69, 9.17) is 16.3 Å². The lowest BCUT2D eigenvalue weighted by Gasteiger charge is -2.15. The number of hydrogen-bond donors (Lipinski definition) is 0. The van der Waals surface area contributed by atoms with E-state index in [9.17, 15) is 18.0 Å². The highest BCUT2D eigenvalue weighted by atomic mass is 35.5. The van der Waals surface area contributed by atoms with Gasteiger partial charge in [-0.25, -0.2) is 0 Å². The topological polar surface area (TPSA) is 35.5 Å². The molecule has 0 aromatic heterocycles. The molecule has 1 aromatic carbocycles. The molecule has 0 bridgehead atoms. The van der Waals surface area contributed by atoms with Crippen molar-refractivity contribution in [2.24, 2.45) is 17.3 Å². The SMILES string of the molecule is COC(=O)C1C(C(=CCl)c2ccccc2OC(F)(F)F)C1(C)C. The summed E-state index contributed by atoms with van der Waals surface area (Å²) in [6.45, 7) is 3.68. The van der Waals surface area contributed by atoms with E-state index in [-0.39, 0.29) is 17.2 Å². The maximum atomic E-state index is 12.6. The predicted octanol–water partition coefficient (Wildman–Crippen LogP) is 4.61. The number of alkyl halides is 3. The van der Waals surface area contributed by atoms with E-state index in [1.807, 2.05) is 13.8 Å². The fourth-order valence-corrected chi connectivity index (χ4v) is 3.25. The molecule has 1 aromatic rings. The molecule has 1 saturated carbocycles. The first-order chi connectivity index (χ1) is 10.6. The minimum atomic E-state index is -4.81. The molecule has 0 radical (unpaired) electrons. The standard InChI is InChI=1S/C16H16ClF3O3/c1-15(2)12(13(15)14(21)22-3)10(8-17)9-6-4-5-7-11(9)23-16(18,19)20/h4-8,12-13H,1-3H3. The first kappa shape index (κ1) is 17.7. The number of rotatable bonds is 4. The molecule has 1 aliphatic rings. The summed E-state index contributed by atoms with van der Waals surface area (Å²) in [4.78, 5) is 11.9. The highest BCUT2D eigenvalue weighted by Crippen LogP contribution is 2.64. The van der Waals surface area contributed by atoms with Crippen LogP contribution in [0.4, 0.5) is 13.2 Å². The summed E-state index contributed by atoms with van der Waals surface area (Å²) >= 11 is 5.87. The van der Waals surface area contributed by atoms with Crippen LogP contribution < -0.4 is 4.74 Å². The van der Waals surface area contributed by atoms with Gasteiger partial charge >= 0.3 is 12.3 Å². The maximum Gasteiger partial charge on any atom is 0.573 e. The molecule has 23 heavy (non-hydrogen) atoms. The molecule has 2 rings (SSSR count). The molecule has 2 unspecified atom stereocenters. The van der Waals surface area contributed by atoms with Crippen LogP contribution >= 0.6 is 11.6 Å². The Bertz CT molecular complexity index is 638. The third-order valence-corrected chi connectivity index (χ3v) is 4.39. The number of ether oxygens (including phenoxy) is 2. The highest BCUT2D eigenvalue weighted by Gasteiger charge is 2.64. The average Bonchev–Trinajstić information content (AvgIpc) is 3.01. The van der Waals surface area contributed by atoms with Gasteiger partial charge in [-0.2, -0.15) is 0 Å². The molecule has 0 N–H and O–H groups in total. The number of methoxy groups -OCH3 is 1. The fourth-order valence-electron chi connectivity index (χ4n) is 3.00. The van der Waals surface area contributed by atoms with Crippen molar-refractivity contribution < 1.29 is 27.4 Å². The molecule has 2 atom stereocenters. The summed E-state index contributed by atoms with van der Waals surface area (Å²) < 4.78 is 46.5. The van der Waals surface area contributed by atoms with E-state index in [0.717, 1.165) is 0 Å². The van der Waals surface area contributed by atoms with Crippen LogP contribution in [0.1, 0.15) is 19.4 Å². The van der Waals surface area contributed by atoms with Gasteiger partial charge in [-0.1, -0.05) is 43.6 Å². The van der Waals surface area contributed by atoms with Gasteiger partial charge < -0.3 is 9.47 Å². The Kier molecular flexibility index (Phi) is 4.66. The molecular weight excluding hydrogens is 333 g/mol. The Morgan fingerprint density at radius 1 is 1.26 bits per heavy atom.